The van der Waals surface area contributed by atoms with Crippen LogP contribution in [-0.4, -0.2) is 26.9 Å². The molecule has 3 rings (SSSR count). The van der Waals surface area contributed by atoms with Gasteiger partial charge in [0.1, 0.15) is 5.82 Å². The molecule has 2 fully saturated rings. The van der Waals surface area contributed by atoms with Gasteiger partial charge < -0.3 is 9.47 Å². The topological polar surface area (TPSA) is 38.1 Å². The summed E-state index contributed by atoms with van der Waals surface area (Å²) >= 11 is 0. The van der Waals surface area contributed by atoms with Gasteiger partial charge in [0.25, 0.3) is 0 Å². The summed E-state index contributed by atoms with van der Waals surface area (Å²) in [5, 5.41) is 0. The normalized spacial score (nSPS) is 25.8. The summed E-state index contributed by atoms with van der Waals surface area (Å²) in [6.07, 6.45) is 9.58. The average Bonchev–Trinajstić information content (AvgIpc) is 3.00. The molecule has 1 aromatic rings. The van der Waals surface area contributed by atoms with Gasteiger partial charge in [0, 0.05) is 37.8 Å². The quantitative estimate of drug-likeness (QED) is 0.850. The number of amides is 1. The molecule has 1 aromatic heterocycles. The molecule has 1 saturated heterocycles. The van der Waals surface area contributed by atoms with E-state index in [1.807, 2.05) is 28.9 Å². The van der Waals surface area contributed by atoms with Crippen LogP contribution >= 0.6 is 0 Å². The number of hydrogen-bond donors (Lipinski definition) is 0. The van der Waals surface area contributed by atoms with Crippen molar-refractivity contribution in [2.45, 2.75) is 52.0 Å². The Morgan fingerprint density at radius 1 is 1.40 bits per heavy atom. The smallest absolute Gasteiger partial charge is 0.223 e. The predicted octanol–water partition coefficient (Wildman–Crippen LogP) is 2.91. The lowest BCUT2D eigenvalue weighted by atomic mass is 9.74. The SMILES string of the molecule is Cn1ccnc1C1N(C(=O)CC2CCCC2)CC1(C)C. The first-order chi connectivity index (χ1) is 9.49. The highest BCUT2D eigenvalue weighted by molar-refractivity contribution is 5.78. The lowest BCUT2D eigenvalue weighted by Crippen LogP contribution is -2.58. The number of nitrogens with zero attached hydrogens (tertiary/aromatic N) is 3. The molecule has 110 valence electrons. The molecule has 1 aliphatic carbocycles. The molecule has 1 unspecified atom stereocenters. The first-order valence-corrected chi connectivity index (χ1v) is 7.76. The first-order valence-electron chi connectivity index (χ1n) is 7.76. The molecular weight excluding hydrogens is 250 g/mol. The van der Waals surface area contributed by atoms with Crippen LogP contribution in [0.25, 0.3) is 0 Å². The Kier molecular flexibility index (Phi) is 3.35. The molecule has 0 radical (unpaired) electrons. The summed E-state index contributed by atoms with van der Waals surface area (Å²) in [5.74, 6) is 1.96. The van der Waals surface area contributed by atoms with Crippen molar-refractivity contribution in [2.24, 2.45) is 18.4 Å². The van der Waals surface area contributed by atoms with Gasteiger partial charge >= 0.3 is 0 Å². The van der Waals surface area contributed by atoms with E-state index in [1.54, 1.807) is 0 Å². The molecule has 1 aliphatic heterocycles. The highest BCUT2D eigenvalue weighted by atomic mass is 16.2. The van der Waals surface area contributed by atoms with Crippen LogP contribution in [0.15, 0.2) is 12.4 Å². The Bertz CT molecular complexity index is 500. The Hall–Kier alpha value is -1.32. The zero-order valence-electron chi connectivity index (χ0n) is 12.8. The van der Waals surface area contributed by atoms with Crippen molar-refractivity contribution >= 4 is 5.91 Å². The van der Waals surface area contributed by atoms with E-state index in [4.69, 9.17) is 0 Å². The van der Waals surface area contributed by atoms with E-state index in [-0.39, 0.29) is 11.5 Å². The van der Waals surface area contributed by atoms with Gasteiger partial charge in [-0.25, -0.2) is 4.98 Å². The van der Waals surface area contributed by atoms with E-state index >= 15 is 0 Å². The molecule has 20 heavy (non-hydrogen) atoms. The minimum Gasteiger partial charge on any atom is -0.336 e. The third kappa shape index (κ3) is 2.25. The van der Waals surface area contributed by atoms with Crippen molar-refractivity contribution in [3.63, 3.8) is 0 Å². The zero-order valence-corrected chi connectivity index (χ0v) is 12.8. The predicted molar refractivity (Wildman–Crippen MR) is 78.0 cm³/mol. The fraction of sp³-hybridized carbons (Fsp3) is 0.750. The second-order valence-corrected chi connectivity index (χ2v) is 7.16. The van der Waals surface area contributed by atoms with Crippen LogP contribution in [0.1, 0.15) is 57.8 Å². The largest absolute Gasteiger partial charge is 0.336 e. The summed E-state index contributed by atoms with van der Waals surface area (Å²) in [6.45, 7) is 5.31. The van der Waals surface area contributed by atoms with Crippen molar-refractivity contribution < 1.29 is 4.79 Å². The number of carbonyl (C=O) groups is 1. The van der Waals surface area contributed by atoms with Gasteiger partial charge in [0.2, 0.25) is 5.91 Å². The number of aromatic nitrogens is 2. The molecule has 2 heterocycles. The molecule has 1 amide bonds. The summed E-state index contributed by atoms with van der Waals surface area (Å²) in [6, 6.07) is 0.136. The van der Waals surface area contributed by atoms with Gasteiger partial charge in [0.05, 0.1) is 6.04 Å². The number of aryl methyl sites for hydroxylation is 1. The van der Waals surface area contributed by atoms with Crippen molar-refractivity contribution in [3.8, 4) is 0 Å². The van der Waals surface area contributed by atoms with E-state index in [0.717, 1.165) is 18.8 Å². The molecule has 4 nitrogen and oxygen atoms in total. The van der Waals surface area contributed by atoms with Crippen molar-refractivity contribution in [2.75, 3.05) is 6.54 Å². The maximum Gasteiger partial charge on any atom is 0.223 e. The number of likely N-dealkylation sites (tertiary alicyclic amines) is 1. The van der Waals surface area contributed by atoms with E-state index < -0.39 is 0 Å². The highest BCUT2D eigenvalue weighted by Crippen LogP contribution is 2.48. The maximum atomic E-state index is 12.6. The minimum absolute atomic E-state index is 0.129. The van der Waals surface area contributed by atoms with Crippen LogP contribution < -0.4 is 0 Å². The molecule has 0 spiro atoms. The summed E-state index contributed by atoms with van der Waals surface area (Å²) in [4.78, 5) is 19.1. The molecule has 0 bridgehead atoms. The van der Waals surface area contributed by atoms with Crippen LogP contribution in [0.5, 0.6) is 0 Å². The fourth-order valence-corrected chi connectivity index (χ4v) is 3.87. The molecule has 4 heteroatoms. The van der Waals surface area contributed by atoms with E-state index in [0.29, 0.717) is 11.8 Å². The van der Waals surface area contributed by atoms with Crippen LogP contribution in [0, 0.1) is 11.3 Å². The minimum atomic E-state index is 0.129. The lowest BCUT2D eigenvalue weighted by Gasteiger charge is -2.53. The lowest BCUT2D eigenvalue weighted by molar-refractivity contribution is -0.154. The van der Waals surface area contributed by atoms with Crippen LogP contribution in [0.2, 0.25) is 0 Å². The Morgan fingerprint density at radius 2 is 2.10 bits per heavy atom. The van der Waals surface area contributed by atoms with Gasteiger partial charge in [0.15, 0.2) is 0 Å². The molecule has 1 saturated carbocycles. The molecule has 0 aromatic carbocycles. The standard InChI is InChI=1S/C16H25N3O/c1-16(2)11-19(13(20)10-12-6-4-5-7-12)14(16)15-17-8-9-18(15)3/h8-9,12,14H,4-7,10-11H2,1-3H3. The Labute approximate surface area is 121 Å². The van der Waals surface area contributed by atoms with Gasteiger partial charge in [-0.15, -0.1) is 0 Å². The van der Waals surface area contributed by atoms with Gasteiger partial charge in [-0.1, -0.05) is 26.7 Å². The Morgan fingerprint density at radius 3 is 2.65 bits per heavy atom. The third-order valence-corrected chi connectivity index (χ3v) is 4.99. The van der Waals surface area contributed by atoms with E-state index in [9.17, 15) is 4.79 Å². The zero-order chi connectivity index (χ0) is 14.3. The number of carbonyl (C=O) groups excluding carboxylic acids is 1. The first kappa shape index (κ1) is 13.7. The van der Waals surface area contributed by atoms with Crippen LogP contribution in [-0.2, 0) is 11.8 Å². The molecule has 2 aliphatic rings. The second kappa shape index (κ2) is 4.90. The van der Waals surface area contributed by atoms with Crippen molar-refractivity contribution in [3.05, 3.63) is 18.2 Å². The van der Waals surface area contributed by atoms with Gasteiger partial charge in [-0.2, -0.15) is 0 Å². The molecule has 1 atom stereocenters. The van der Waals surface area contributed by atoms with Gasteiger partial charge in [-0.05, 0) is 18.8 Å². The Balaban J connectivity index is 1.73. The van der Waals surface area contributed by atoms with Crippen LogP contribution in [0.3, 0.4) is 0 Å². The number of rotatable bonds is 3. The molecular formula is C16H25N3O. The third-order valence-electron chi connectivity index (χ3n) is 4.99. The van der Waals surface area contributed by atoms with Crippen LogP contribution in [0.4, 0.5) is 0 Å². The van der Waals surface area contributed by atoms with Crippen molar-refractivity contribution in [1.82, 2.24) is 14.5 Å². The van der Waals surface area contributed by atoms with Gasteiger partial charge in [-0.3, -0.25) is 4.79 Å². The van der Waals surface area contributed by atoms with E-state index in [2.05, 4.69) is 18.8 Å². The number of hydrogen-bond acceptors (Lipinski definition) is 2. The number of imidazole rings is 1. The summed E-state index contributed by atoms with van der Waals surface area (Å²) in [5.41, 5.74) is 0.129. The summed E-state index contributed by atoms with van der Waals surface area (Å²) in [7, 11) is 2.01. The van der Waals surface area contributed by atoms with Crippen molar-refractivity contribution in [1.29, 1.82) is 0 Å². The average molecular weight is 275 g/mol. The highest BCUT2D eigenvalue weighted by Gasteiger charge is 2.50. The monoisotopic (exact) mass is 275 g/mol. The second-order valence-electron chi connectivity index (χ2n) is 7.16. The van der Waals surface area contributed by atoms with E-state index in [1.165, 1.54) is 25.7 Å². The fourth-order valence-electron chi connectivity index (χ4n) is 3.87. The molecule has 0 N–H and O–H groups in total. The summed E-state index contributed by atoms with van der Waals surface area (Å²) < 4.78 is 2.04. The maximum absolute atomic E-state index is 12.6.